The highest BCUT2D eigenvalue weighted by atomic mass is 16.5. The minimum absolute atomic E-state index is 0.431. The first-order valence-electron chi connectivity index (χ1n) is 8.94. The molecule has 0 aliphatic carbocycles. The van der Waals surface area contributed by atoms with E-state index < -0.39 is 23.8 Å². The summed E-state index contributed by atoms with van der Waals surface area (Å²) in [5.74, 6) is -0.631. The SMILES string of the molecule is COC(=O)C1C(=O)NC(N2CCN(c3ncccn3)CC2)=NC1c1ccco1. The summed E-state index contributed by atoms with van der Waals surface area (Å²) in [7, 11) is 1.25. The van der Waals surface area contributed by atoms with E-state index in [1.807, 2.05) is 4.90 Å². The van der Waals surface area contributed by atoms with Gasteiger partial charge in [0.1, 0.15) is 11.8 Å². The van der Waals surface area contributed by atoms with Crippen molar-refractivity contribution in [2.24, 2.45) is 10.9 Å². The number of piperazine rings is 1. The normalized spacial score (nSPS) is 22.5. The van der Waals surface area contributed by atoms with Gasteiger partial charge in [-0.3, -0.25) is 14.9 Å². The zero-order valence-electron chi connectivity index (χ0n) is 15.3. The van der Waals surface area contributed by atoms with E-state index in [0.717, 1.165) is 0 Å². The van der Waals surface area contributed by atoms with E-state index in [1.165, 1.54) is 13.4 Å². The molecule has 4 rings (SSSR count). The lowest BCUT2D eigenvalue weighted by Crippen LogP contribution is -2.57. The molecule has 10 nitrogen and oxygen atoms in total. The van der Waals surface area contributed by atoms with Gasteiger partial charge in [-0.25, -0.2) is 15.0 Å². The Balaban J connectivity index is 1.53. The molecule has 1 amide bonds. The van der Waals surface area contributed by atoms with Gasteiger partial charge in [0.05, 0.1) is 13.4 Å². The van der Waals surface area contributed by atoms with Gasteiger partial charge in [0.15, 0.2) is 5.92 Å². The van der Waals surface area contributed by atoms with Gasteiger partial charge in [-0.15, -0.1) is 0 Å². The maximum Gasteiger partial charge on any atom is 0.320 e. The highest BCUT2D eigenvalue weighted by Gasteiger charge is 2.43. The molecule has 10 heteroatoms. The third-order valence-corrected chi connectivity index (χ3v) is 4.80. The molecule has 2 aliphatic heterocycles. The average Bonchev–Trinajstić information content (AvgIpc) is 3.28. The van der Waals surface area contributed by atoms with E-state index in [9.17, 15) is 9.59 Å². The van der Waals surface area contributed by atoms with Crippen LogP contribution in [0.15, 0.2) is 46.3 Å². The largest absolute Gasteiger partial charge is 0.468 e. The number of hydrogen-bond acceptors (Lipinski definition) is 9. The van der Waals surface area contributed by atoms with Crippen molar-refractivity contribution in [2.45, 2.75) is 6.04 Å². The number of ether oxygens (including phenoxy) is 1. The number of nitrogens with zero attached hydrogens (tertiary/aromatic N) is 5. The van der Waals surface area contributed by atoms with Crippen molar-refractivity contribution in [3.05, 3.63) is 42.6 Å². The number of furan rings is 1. The lowest BCUT2D eigenvalue weighted by atomic mass is 9.95. The van der Waals surface area contributed by atoms with Crippen molar-refractivity contribution in [2.75, 3.05) is 38.2 Å². The number of esters is 1. The summed E-state index contributed by atoms with van der Waals surface area (Å²) in [6, 6.07) is 4.41. The number of anilines is 1. The highest BCUT2D eigenvalue weighted by Crippen LogP contribution is 2.31. The van der Waals surface area contributed by atoms with Crippen LogP contribution >= 0.6 is 0 Å². The van der Waals surface area contributed by atoms with Crippen LogP contribution in [-0.2, 0) is 14.3 Å². The zero-order valence-corrected chi connectivity index (χ0v) is 15.3. The van der Waals surface area contributed by atoms with Crippen LogP contribution in [-0.4, -0.2) is 66.0 Å². The van der Waals surface area contributed by atoms with Crippen molar-refractivity contribution < 1.29 is 18.7 Å². The Morgan fingerprint density at radius 3 is 2.54 bits per heavy atom. The molecule has 4 heterocycles. The van der Waals surface area contributed by atoms with Crippen LogP contribution in [0.1, 0.15) is 11.8 Å². The Morgan fingerprint density at radius 1 is 1.18 bits per heavy atom. The first-order chi connectivity index (χ1) is 13.7. The van der Waals surface area contributed by atoms with Crippen LogP contribution in [0.2, 0.25) is 0 Å². The van der Waals surface area contributed by atoms with E-state index in [0.29, 0.717) is 43.8 Å². The molecule has 1 saturated heterocycles. The number of carbonyl (C=O) groups is 2. The average molecular weight is 384 g/mol. The van der Waals surface area contributed by atoms with Crippen molar-refractivity contribution in [3.8, 4) is 0 Å². The van der Waals surface area contributed by atoms with Crippen molar-refractivity contribution in [1.82, 2.24) is 20.2 Å². The lowest BCUT2D eigenvalue weighted by molar-refractivity contribution is -0.151. The molecule has 1 N–H and O–H groups in total. The van der Waals surface area contributed by atoms with E-state index in [1.54, 1.807) is 30.6 Å². The molecule has 146 valence electrons. The van der Waals surface area contributed by atoms with Crippen LogP contribution in [0, 0.1) is 5.92 Å². The molecule has 0 spiro atoms. The smallest absolute Gasteiger partial charge is 0.320 e. The monoisotopic (exact) mass is 384 g/mol. The number of hydrogen-bond donors (Lipinski definition) is 1. The maximum atomic E-state index is 12.6. The first-order valence-corrected chi connectivity index (χ1v) is 8.94. The van der Waals surface area contributed by atoms with Crippen LogP contribution in [0.4, 0.5) is 5.95 Å². The second-order valence-electron chi connectivity index (χ2n) is 6.43. The predicted octanol–water partition coefficient (Wildman–Crippen LogP) is 0.208. The Bertz CT molecular complexity index is 861. The molecule has 2 atom stereocenters. The number of nitrogens with one attached hydrogen (secondary N) is 1. The van der Waals surface area contributed by atoms with Gasteiger partial charge >= 0.3 is 5.97 Å². The number of carbonyl (C=O) groups excluding carboxylic acids is 2. The van der Waals surface area contributed by atoms with Gasteiger partial charge in [0.25, 0.3) is 0 Å². The minimum atomic E-state index is -1.08. The van der Waals surface area contributed by atoms with Gasteiger partial charge in [0.2, 0.25) is 17.8 Å². The maximum absolute atomic E-state index is 12.6. The second kappa shape index (κ2) is 7.67. The Morgan fingerprint density at radius 2 is 1.89 bits per heavy atom. The minimum Gasteiger partial charge on any atom is -0.468 e. The van der Waals surface area contributed by atoms with Gasteiger partial charge in [-0.05, 0) is 18.2 Å². The summed E-state index contributed by atoms with van der Waals surface area (Å²) in [6.45, 7) is 2.63. The molecular weight excluding hydrogens is 364 g/mol. The molecule has 2 unspecified atom stereocenters. The van der Waals surface area contributed by atoms with Crippen LogP contribution in [0.25, 0.3) is 0 Å². The topological polar surface area (TPSA) is 113 Å². The third kappa shape index (κ3) is 3.40. The number of aromatic nitrogens is 2. The molecule has 2 aliphatic rings. The zero-order chi connectivity index (χ0) is 19.5. The van der Waals surface area contributed by atoms with Crippen molar-refractivity contribution in [1.29, 1.82) is 0 Å². The molecule has 28 heavy (non-hydrogen) atoms. The summed E-state index contributed by atoms with van der Waals surface area (Å²) in [5.41, 5.74) is 0. The lowest BCUT2D eigenvalue weighted by Gasteiger charge is -2.38. The van der Waals surface area contributed by atoms with Gasteiger partial charge in [-0.2, -0.15) is 0 Å². The van der Waals surface area contributed by atoms with Crippen molar-refractivity contribution >= 4 is 23.8 Å². The second-order valence-corrected chi connectivity index (χ2v) is 6.43. The fourth-order valence-electron chi connectivity index (χ4n) is 3.35. The molecule has 1 fully saturated rings. The third-order valence-electron chi connectivity index (χ3n) is 4.80. The fraction of sp³-hybridized carbons (Fsp3) is 0.389. The fourth-order valence-corrected chi connectivity index (χ4v) is 3.35. The Kier molecular flexibility index (Phi) is 4.92. The summed E-state index contributed by atoms with van der Waals surface area (Å²) < 4.78 is 10.2. The molecule has 0 saturated carbocycles. The molecular formula is C18H20N6O4. The quantitative estimate of drug-likeness (QED) is 0.590. The van der Waals surface area contributed by atoms with Gasteiger partial charge in [0, 0.05) is 38.6 Å². The highest BCUT2D eigenvalue weighted by molar-refractivity contribution is 6.08. The van der Waals surface area contributed by atoms with E-state index in [2.05, 4.69) is 25.2 Å². The number of rotatable bonds is 3. The standard InChI is InChI=1S/C18H20N6O4/c1-27-16(26)13-14(12-4-2-11-28-12)21-18(22-15(13)25)24-9-7-23(8-10-24)17-19-5-3-6-20-17/h2-6,11,13-14H,7-10H2,1H3,(H,21,22,25). The molecule has 0 radical (unpaired) electrons. The Labute approximate surface area is 161 Å². The van der Waals surface area contributed by atoms with Gasteiger partial charge < -0.3 is 19.0 Å². The summed E-state index contributed by atoms with van der Waals surface area (Å²) in [4.78, 5) is 42.0. The van der Waals surface area contributed by atoms with E-state index >= 15 is 0 Å². The molecule has 2 aromatic rings. The van der Waals surface area contributed by atoms with E-state index in [4.69, 9.17) is 9.15 Å². The number of methoxy groups -OCH3 is 1. The van der Waals surface area contributed by atoms with Crippen LogP contribution in [0.5, 0.6) is 0 Å². The first kappa shape index (κ1) is 18.0. The molecule has 2 aromatic heterocycles. The van der Waals surface area contributed by atoms with Crippen molar-refractivity contribution in [3.63, 3.8) is 0 Å². The van der Waals surface area contributed by atoms with Crippen LogP contribution in [0.3, 0.4) is 0 Å². The summed E-state index contributed by atoms with van der Waals surface area (Å²) in [5, 5.41) is 2.74. The number of aliphatic imine (C=N–C) groups is 1. The molecule has 0 bridgehead atoms. The van der Waals surface area contributed by atoms with E-state index in [-0.39, 0.29) is 0 Å². The predicted molar refractivity (Wildman–Crippen MR) is 98.4 cm³/mol. The molecule has 0 aromatic carbocycles. The Hall–Kier alpha value is -3.43. The number of amides is 1. The van der Waals surface area contributed by atoms with Crippen LogP contribution < -0.4 is 10.2 Å². The van der Waals surface area contributed by atoms with Gasteiger partial charge in [-0.1, -0.05) is 0 Å². The number of guanidine groups is 1. The summed E-state index contributed by atoms with van der Waals surface area (Å²) >= 11 is 0. The summed E-state index contributed by atoms with van der Waals surface area (Å²) in [6.07, 6.45) is 4.91.